The molecule has 1 rings (SSSR count). The second-order valence-electron chi connectivity index (χ2n) is 2.88. The van der Waals surface area contributed by atoms with Crippen LogP contribution in [0.15, 0.2) is 12.3 Å². The number of hydrogen-bond donors (Lipinski definition) is 1. The molecule has 0 saturated carbocycles. The molecule has 0 amide bonds. The number of alkyl halides is 2. The molecule has 0 aliphatic carbocycles. The van der Waals surface area contributed by atoms with Gasteiger partial charge in [-0.15, -0.1) is 35.6 Å². The lowest BCUT2D eigenvalue weighted by Gasteiger charge is -2.13. The predicted octanol–water partition coefficient (Wildman–Crippen LogP) is 3.52. The molecule has 0 fully saturated rings. The minimum absolute atomic E-state index is 0. The van der Waals surface area contributed by atoms with Gasteiger partial charge < -0.3 is 5.73 Å². The molecule has 2 N–H and O–H groups in total. The van der Waals surface area contributed by atoms with Crippen LogP contribution in [0.25, 0.3) is 0 Å². The molecule has 6 heteroatoms. The van der Waals surface area contributed by atoms with Crippen LogP contribution in [-0.4, -0.2) is 10.9 Å². The van der Waals surface area contributed by atoms with Crippen molar-refractivity contribution in [3.8, 4) is 0 Å². The second-order valence-corrected chi connectivity index (χ2v) is 3.90. The van der Waals surface area contributed by atoms with Crippen molar-refractivity contribution in [3.63, 3.8) is 0 Å². The van der Waals surface area contributed by atoms with Crippen LogP contribution in [0.1, 0.15) is 23.7 Å². The quantitative estimate of drug-likeness (QED) is 0.862. The van der Waals surface area contributed by atoms with Crippen molar-refractivity contribution in [2.75, 3.05) is 5.88 Å². The van der Waals surface area contributed by atoms with Gasteiger partial charge in [0.2, 0.25) is 0 Å². The molecule has 0 aromatic carbocycles. The van der Waals surface area contributed by atoms with Crippen LogP contribution in [-0.2, 0) is 5.88 Å². The van der Waals surface area contributed by atoms with Crippen molar-refractivity contribution in [2.45, 2.75) is 18.3 Å². The average molecular weight is 290 g/mol. The number of pyridine rings is 1. The molecule has 0 radical (unpaired) electrons. The first-order valence-corrected chi connectivity index (χ1v) is 5.66. The first-order valence-electron chi connectivity index (χ1n) is 4.21. The summed E-state index contributed by atoms with van der Waals surface area (Å²) in [6.07, 6.45) is 2.35. The van der Waals surface area contributed by atoms with E-state index in [9.17, 15) is 0 Å². The van der Waals surface area contributed by atoms with Crippen LogP contribution >= 0.6 is 47.2 Å². The lowest BCUT2D eigenvalue weighted by Crippen LogP contribution is -2.12. The molecule has 1 atom stereocenters. The Morgan fingerprint density at radius 1 is 1.40 bits per heavy atom. The number of nitrogens with two attached hydrogens (primary N) is 1. The lowest BCUT2D eigenvalue weighted by atomic mass is 10.1. The highest BCUT2D eigenvalue weighted by Crippen LogP contribution is 2.26. The Bertz CT molecular complexity index is 306. The Labute approximate surface area is 111 Å². The van der Waals surface area contributed by atoms with Crippen molar-refractivity contribution < 1.29 is 0 Å². The summed E-state index contributed by atoms with van der Waals surface area (Å²) in [7, 11) is 0. The molecule has 1 aromatic heterocycles. The standard InChI is InChI=1S/C9H11Cl3N2.ClH/c10-3-1-7(13)6-2-4-14-8(5-11)9(6)12;/h2,4,7H,1,3,5,13H2;1H. The number of halogens is 4. The molecule has 0 aliphatic heterocycles. The molecule has 1 heterocycles. The molecule has 2 nitrogen and oxygen atoms in total. The number of aromatic nitrogens is 1. The van der Waals surface area contributed by atoms with Gasteiger partial charge in [0, 0.05) is 18.1 Å². The van der Waals surface area contributed by atoms with Crippen molar-refractivity contribution >= 4 is 47.2 Å². The van der Waals surface area contributed by atoms with E-state index in [4.69, 9.17) is 40.5 Å². The van der Waals surface area contributed by atoms with Crippen LogP contribution in [0.2, 0.25) is 5.02 Å². The molecular weight excluding hydrogens is 278 g/mol. The third-order valence-corrected chi connectivity index (χ3v) is 2.85. The SMILES string of the molecule is Cl.NC(CCCl)c1ccnc(CCl)c1Cl. The molecule has 15 heavy (non-hydrogen) atoms. The van der Waals surface area contributed by atoms with Crippen molar-refractivity contribution in [3.05, 3.63) is 28.5 Å². The van der Waals surface area contributed by atoms with Crippen LogP contribution < -0.4 is 5.73 Å². The van der Waals surface area contributed by atoms with Gasteiger partial charge in [-0.1, -0.05) is 11.6 Å². The molecule has 86 valence electrons. The van der Waals surface area contributed by atoms with Gasteiger partial charge >= 0.3 is 0 Å². The second kappa shape index (κ2) is 7.53. The van der Waals surface area contributed by atoms with E-state index in [2.05, 4.69) is 4.98 Å². The van der Waals surface area contributed by atoms with Gasteiger partial charge in [-0.3, -0.25) is 4.98 Å². The normalized spacial score (nSPS) is 12.0. The average Bonchev–Trinajstić information content (AvgIpc) is 2.18. The maximum atomic E-state index is 6.07. The van der Waals surface area contributed by atoms with Gasteiger partial charge in [0.15, 0.2) is 0 Å². The van der Waals surface area contributed by atoms with Crippen molar-refractivity contribution in [2.24, 2.45) is 5.73 Å². The molecule has 0 bridgehead atoms. The summed E-state index contributed by atoms with van der Waals surface area (Å²) < 4.78 is 0. The third-order valence-electron chi connectivity index (χ3n) is 1.94. The molecular formula is C9H12Cl4N2. The van der Waals surface area contributed by atoms with E-state index in [-0.39, 0.29) is 18.4 Å². The predicted molar refractivity (Wildman–Crippen MR) is 68.3 cm³/mol. The highest BCUT2D eigenvalue weighted by molar-refractivity contribution is 6.32. The summed E-state index contributed by atoms with van der Waals surface area (Å²) in [6, 6.07) is 1.65. The van der Waals surface area contributed by atoms with E-state index in [0.717, 1.165) is 5.56 Å². The van der Waals surface area contributed by atoms with Crippen molar-refractivity contribution in [1.29, 1.82) is 0 Å². The summed E-state index contributed by atoms with van der Waals surface area (Å²) in [6.45, 7) is 0. The van der Waals surface area contributed by atoms with Crippen molar-refractivity contribution in [1.82, 2.24) is 4.98 Å². The van der Waals surface area contributed by atoms with Crippen LogP contribution in [0.3, 0.4) is 0 Å². The van der Waals surface area contributed by atoms with E-state index < -0.39 is 0 Å². The zero-order valence-corrected chi connectivity index (χ0v) is 11.0. The highest BCUT2D eigenvalue weighted by Gasteiger charge is 2.12. The number of hydrogen-bond acceptors (Lipinski definition) is 2. The first-order chi connectivity index (χ1) is 6.70. The monoisotopic (exact) mass is 288 g/mol. The van der Waals surface area contributed by atoms with Gasteiger partial charge in [-0.2, -0.15) is 0 Å². The van der Waals surface area contributed by atoms with Gasteiger partial charge in [0.05, 0.1) is 16.6 Å². The lowest BCUT2D eigenvalue weighted by molar-refractivity contribution is 0.700. The zero-order valence-electron chi connectivity index (χ0n) is 7.92. The summed E-state index contributed by atoms with van der Waals surface area (Å²) in [5, 5.41) is 0.556. The Balaban J connectivity index is 0.00000196. The molecule has 1 unspecified atom stereocenters. The number of nitrogens with zero attached hydrogens (tertiary/aromatic N) is 1. The van der Waals surface area contributed by atoms with Crippen LogP contribution in [0.5, 0.6) is 0 Å². The van der Waals surface area contributed by atoms with Crippen LogP contribution in [0.4, 0.5) is 0 Å². The van der Waals surface area contributed by atoms with Gasteiger partial charge in [0.25, 0.3) is 0 Å². The fraction of sp³-hybridized carbons (Fsp3) is 0.444. The Morgan fingerprint density at radius 2 is 2.07 bits per heavy atom. The molecule has 0 spiro atoms. The summed E-state index contributed by atoms with van der Waals surface area (Å²) in [5.74, 6) is 0.802. The fourth-order valence-corrected chi connectivity index (χ4v) is 1.98. The zero-order chi connectivity index (χ0) is 10.6. The van der Waals surface area contributed by atoms with Gasteiger partial charge in [0.1, 0.15) is 0 Å². The Kier molecular flexibility index (Phi) is 7.66. The molecule has 0 saturated heterocycles. The molecule has 0 aliphatic rings. The minimum atomic E-state index is -0.148. The smallest absolute Gasteiger partial charge is 0.0740 e. The maximum absolute atomic E-state index is 6.07. The highest BCUT2D eigenvalue weighted by atomic mass is 35.5. The minimum Gasteiger partial charge on any atom is -0.324 e. The fourth-order valence-electron chi connectivity index (χ4n) is 1.16. The third kappa shape index (κ3) is 3.97. The van der Waals surface area contributed by atoms with E-state index in [1.54, 1.807) is 12.3 Å². The van der Waals surface area contributed by atoms with E-state index in [1.165, 1.54) is 0 Å². The summed E-state index contributed by atoms with van der Waals surface area (Å²) >= 11 is 17.3. The Morgan fingerprint density at radius 3 is 2.60 bits per heavy atom. The first kappa shape index (κ1) is 15.3. The van der Waals surface area contributed by atoms with Crippen LogP contribution in [0, 0.1) is 0 Å². The van der Waals surface area contributed by atoms with Gasteiger partial charge in [-0.25, -0.2) is 0 Å². The molecule has 1 aromatic rings. The van der Waals surface area contributed by atoms with E-state index in [1.807, 2.05) is 0 Å². The Hall–Kier alpha value is 0.270. The topological polar surface area (TPSA) is 38.9 Å². The largest absolute Gasteiger partial charge is 0.324 e. The summed E-state index contributed by atoms with van der Waals surface area (Å²) in [5.41, 5.74) is 7.41. The van der Waals surface area contributed by atoms with Gasteiger partial charge in [-0.05, 0) is 18.1 Å². The summed E-state index contributed by atoms with van der Waals surface area (Å²) in [4.78, 5) is 4.05. The van der Waals surface area contributed by atoms with E-state index >= 15 is 0 Å². The number of rotatable bonds is 4. The van der Waals surface area contributed by atoms with E-state index in [0.29, 0.717) is 28.9 Å². The maximum Gasteiger partial charge on any atom is 0.0740 e.